The van der Waals surface area contributed by atoms with Crippen molar-refractivity contribution in [2.24, 2.45) is 11.5 Å². The fourth-order valence-electron chi connectivity index (χ4n) is 2.39. The highest BCUT2D eigenvalue weighted by atomic mass is 16.4. The average Bonchev–Trinajstić information content (AvgIpc) is 3.13. The summed E-state index contributed by atoms with van der Waals surface area (Å²) in [6.45, 7) is 0.450. The number of nitrogens with one attached hydrogen (secondary N) is 3. The molecule has 1 aromatic rings. The third-order valence-electron chi connectivity index (χ3n) is 3.91. The number of amides is 2. The Kier molecular flexibility index (Phi) is 9.60. The molecule has 0 saturated carbocycles. The first-order chi connectivity index (χ1) is 13.2. The second kappa shape index (κ2) is 11.7. The van der Waals surface area contributed by atoms with E-state index >= 15 is 0 Å². The number of H-pyrrole nitrogens is 1. The van der Waals surface area contributed by atoms with Gasteiger partial charge in [0, 0.05) is 18.3 Å². The molecule has 0 aliphatic rings. The lowest BCUT2D eigenvalue weighted by Crippen LogP contribution is -2.55. The van der Waals surface area contributed by atoms with Crippen LogP contribution in [0, 0.1) is 0 Å². The maximum Gasteiger partial charge on any atom is 0.326 e. The number of carbonyl (C=O) groups is 4. The molecular weight excluding hydrogens is 372 g/mol. The first kappa shape index (κ1) is 23.0. The summed E-state index contributed by atoms with van der Waals surface area (Å²) in [6, 6.07) is -3.73. The smallest absolute Gasteiger partial charge is 0.326 e. The Morgan fingerprint density at radius 1 is 1.11 bits per heavy atom. The quantitative estimate of drug-likeness (QED) is 0.182. The fraction of sp³-hybridized carbons (Fsp3) is 0.562. The number of aliphatic carboxylic acids is 2. The fourth-order valence-corrected chi connectivity index (χ4v) is 2.39. The molecule has 0 spiro atoms. The molecule has 1 aromatic heterocycles. The molecule has 0 radical (unpaired) electrons. The van der Waals surface area contributed by atoms with E-state index in [1.807, 2.05) is 0 Å². The molecule has 1 heterocycles. The number of imidazole rings is 1. The van der Waals surface area contributed by atoms with Crippen LogP contribution >= 0.6 is 0 Å². The van der Waals surface area contributed by atoms with Crippen LogP contribution in [-0.2, 0) is 25.6 Å². The molecule has 9 N–H and O–H groups in total. The Morgan fingerprint density at radius 2 is 1.79 bits per heavy atom. The summed E-state index contributed by atoms with van der Waals surface area (Å²) in [5.41, 5.74) is 11.6. The number of carboxylic acid groups (broad SMARTS) is 2. The minimum atomic E-state index is -1.46. The van der Waals surface area contributed by atoms with Crippen molar-refractivity contribution >= 4 is 23.8 Å². The van der Waals surface area contributed by atoms with Gasteiger partial charge in [-0.2, -0.15) is 0 Å². The number of unbranched alkanes of at least 4 members (excludes halogenated alkanes) is 1. The van der Waals surface area contributed by atoms with Gasteiger partial charge in [0.05, 0.1) is 18.8 Å². The summed E-state index contributed by atoms with van der Waals surface area (Å²) in [4.78, 5) is 53.5. The molecule has 28 heavy (non-hydrogen) atoms. The zero-order chi connectivity index (χ0) is 21.1. The van der Waals surface area contributed by atoms with Gasteiger partial charge in [-0.15, -0.1) is 0 Å². The maximum absolute atomic E-state index is 12.4. The van der Waals surface area contributed by atoms with E-state index in [0.717, 1.165) is 0 Å². The van der Waals surface area contributed by atoms with Crippen molar-refractivity contribution < 1.29 is 29.4 Å². The van der Waals surface area contributed by atoms with Gasteiger partial charge in [0.25, 0.3) is 0 Å². The Labute approximate surface area is 161 Å². The maximum atomic E-state index is 12.4. The van der Waals surface area contributed by atoms with Gasteiger partial charge in [0.2, 0.25) is 11.8 Å². The number of carboxylic acids is 2. The molecule has 156 valence electrons. The van der Waals surface area contributed by atoms with Crippen molar-refractivity contribution in [3.05, 3.63) is 18.2 Å². The number of nitrogens with zero attached hydrogens (tertiary/aromatic N) is 1. The van der Waals surface area contributed by atoms with Crippen LogP contribution in [0.4, 0.5) is 0 Å². The van der Waals surface area contributed by atoms with E-state index in [1.165, 1.54) is 12.5 Å². The zero-order valence-corrected chi connectivity index (χ0v) is 15.3. The number of hydrogen-bond acceptors (Lipinski definition) is 7. The Balaban J connectivity index is 2.75. The lowest BCUT2D eigenvalue weighted by Gasteiger charge is -2.21. The minimum Gasteiger partial charge on any atom is -0.481 e. The topological polar surface area (TPSA) is 214 Å². The Morgan fingerprint density at radius 3 is 2.32 bits per heavy atom. The Bertz CT molecular complexity index is 665. The first-order valence-corrected chi connectivity index (χ1v) is 8.72. The van der Waals surface area contributed by atoms with Crippen LogP contribution in [0.2, 0.25) is 0 Å². The molecule has 2 amide bonds. The highest BCUT2D eigenvalue weighted by molar-refractivity contribution is 5.93. The van der Waals surface area contributed by atoms with Crippen LogP contribution in [0.1, 0.15) is 31.4 Å². The number of carbonyl (C=O) groups excluding carboxylic acids is 2. The van der Waals surface area contributed by atoms with Crippen LogP contribution < -0.4 is 22.1 Å². The molecule has 1 rings (SSSR count). The van der Waals surface area contributed by atoms with Gasteiger partial charge < -0.3 is 37.3 Å². The number of hydrogen-bond donors (Lipinski definition) is 7. The largest absolute Gasteiger partial charge is 0.481 e. The lowest BCUT2D eigenvalue weighted by molar-refractivity contribution is -0.143. The van der Waals surface area contributed by atoms with Gasteiger partial charge in [-0.1, -0.05) is 6.42 Å². The van der Waals surface area contributed by atoms with Gasteiger partial charge in [-0.25, -0.2) is 9.78 Å². The summed E-state index contributed by atoms with van der Waals surface area (Å²) in [5.74, 6) is -4.28. The predicted molar refractivity (Wildman–Crippen MR) is 96.9 cm³/mol. The van der Waals surface area contributed by atoms with Gasteiger partial charge >= 0.3 is 11.9 Å². The second-order valence-corrected chi connectivity index (χ2v) is 6.23. The summed E-state index contributed by atoms with van der Waals surface area (Å²) < 4.78 is 0. The van der Waals surface area contributed by atoms with Crippen molar-refractivity contribution in [3.8, 4) is 0 Å². The van der Waals surface area contributed by atoms with Crippen molar-refractivity contribution in [1.29, 1.82) is 0 Å². The second-order valence-electron chi connectivity index (χ2n) is 6.23. The normalized spacial score (nSPS) is 13.9. The number of nitrogens with two attached hydrogens (primary N) is 2. The van der Waals surface area contributed by atoms with E-state index in [1.54, 1.807) is 0 Å². The average molecular weight is 398 g/mol. The molecule has 0 bridgehead atoms. The molecule has 0 aliphatic carbocycles. The van der Waals surface area contributed by atoms with Crippen LogP contribution in [-0.4, -0.2) is 68.6 Å². The molecule has 12 heteroatoms. The molecule has 0 fully saturated rings. The highest BCUT2D eigenvalue weighted by Crippen LogP contribution is 2.03. The molecule has 3 unspecified atom stereocenters. The van der Waals surface area contributed by atoms with Crippen LogP contribution in [0.3, 0.4) is 0 Å². The van der Waals surface area contributed by atoms with E-state index in [4.69, 9.17) is 16.6 Å². The molecule has 0 saturated heterocycles. The summed E-state index contributed by atoms with van der Waals surface area (Å²) in [6.07, 6.45) is 3.55. The minimum absolute atomic E-state index is 0.0899. The van der Waals surface area contributed by atoms with Crippen LogP contribution in [0.15, 0.2) is 12.5 Å². The molecule has 0 aliphatic heterocycles. The molecule has 0 aromatic carbocycles. The monoisotopic (exact) mass is 398 g/mol. The summed E-state index contributed by atoms with van der Waals surface area (Å²) in [5, 5.41) is 22.8. The number of aromatic amines is 1. The van der Waals surface area contributed by atoms with E-state index in [-0.39, 0.29) is 6.42 Å². The van der Waals surface area contributed by atoms with Crippen molar-refractivity contribution in [2.75, 3.05) is 6.54 Å². The van der Waals surface area contributed by atoms with E-state index < -0.39 is 48.3 Å². The van der Waals surface area contributed by atoms with Crippen molar-refractivity contribution in [1.82, 2.24) is 20.6 Å². The lowest BCUT2D eigenvalue weighted by atomic mass is 10.1. The molecular formula is C16H26N6O6. The van der Waals surface area contributed by atoms with Gasteiger partial charge in [0.15, 0.2) is 0 Å². The molecule has 3 atom stereocenters. The third kappa shape index (κ3) is 8.14. The Hall–Kier alpha value is -2.99. The van der Waals surface area contributed by atoms with Gasteiger partial charge in [-0.3, -0.25) is 14.4 Å². The van der Waals surface area contributed by atoms with Crippen LogP contribution in [0.5, 0.6) is 0 Å². The van der Waals surface area contributed by atoms with E-state index in [9.17, 15) is 24.3 Å². The van der Waals surface area contributed by atoms with E-state index in [0.29, 0.717) is 31.5 Å². The summed E-state index contributed by atoms with van der Waals surface area (Å²) >= 11 is 0. The zero-order valence-electron chi connectivity index (χ0n) is 15.3. The van der Waals surface area contributed by atoms with Gasteiger partial charge in [-0.05, 0) is 19.4 Å². The summed E-state index contributed by atoms with van der Waals surface area (Å²) in [7, 11) is 0. The standard InChI is InChI=1S/C16H26N6O6/c17-4-2-1-3-10(18)14(25)21-11(6-13(23)24)15(26)22-12(16(27)28)5-9-7-19-8-20-9/h7-8,10-12H,1-6,17-18H2,(H,19,20)(H,21,25)(H,22,26)(H,23,24)(H,27,28). The number of aromatic nitrogens is 2. The van der Waals surface area contributed by atoms with Crippen LogP contribution in [0.25, 0.3) is 0 Å². The molecule has 12 nitrogen and oxygen atoms in total. The first-order valence-electron chi connectivity index (χ1n) is 8.72. The highest BCUT2D eigenvalue weighted by Gasteiger charge is 2.29. The van der Waals surface area contributed by atoms with Crippen molar-refractivity contribution in [3.63, 3.8) is 0 Å². The van der Waals surface area contributed by atoms with Crippen molar-refractivity contribution in [2.45, 2.75) is 50.2 Å². The predicted octanol–water partition coefficient (Wildman–Crippen LogP) is -2.06. The van der Waals surface area contributed by atoms with E-state index in [2.05, 4.69) is 20.6 Å². The third-order valence-corrected chi connectivity index (χ3v) is 3.91. The SMILES string of the molecule is NCCCCC(N)C(=O)NC(CC(=O)O)C(=O)NC(Cc1cnc[nH]1)C(=O)O. The van der Waals surface area contributed by atoms with Gasteiger partial charge in [0.1, 0.15) is 12.1 Å². The number of rotatable bonds is 13.